The van der Waals surface area contributed by atoms with E-state index in [4.69, 9.17) is 18.9 Å². The summed E-state index contributed by atoms with van der Waals surface area (Å²) in [6.07, 6.45) is 4.78. The van der Waals surface area contributed by atoms with Crippen molar-refractivity contribution < 1.29 is 18.9 Å². The first-order valence-electron chi connectivity index (χ1n) is 8.51. The Hall–Kier alpha value is -2.25. The average Bonchev–Trinajstić information content (AvgIpc) is 3.30. The van der Waals surface area contributed by atoms with Crippen molar-refractivity contribution in [2.75, 3.05) is 34.0 Å². The number of H-pyrrole nitrogens is 1. The minimum Gasteiger partial charge on any atom is -0.493 e. The van der Waals surface area contributed by atoms with Crippen LogP contribution in [0.5, 0.6) is 17.2 Å². The van der Waals surface area contributed by atoms with Crippen molar-refractivity contribution in [1.82, 2.24) is 14.9 Å². The molecule has 1 unspecified atom stereocenters. The van der Waals surface area contributed by atoms with E-state index < -0.39 is 0 Å². The Morgan fingerprint density at radius 1 is 1.28 bits per heavy atom. The summed E-state index contributed by atoms with van der Waals surface area (Å²) >= 11 is 0. The Labute approximate surface area is 146 Å². The topological polar surface area (TPSA) is 68.8 Å². The number of aromatic nitrogens is 2. The highest BCUT2D eigenvalue weighted by Crippen LogP contribution is 2.41. The molecule has 25 heavy (non-hydrogen) atoms. The van der Waals surface area contributed by atoms with Gasteiger partial charge in [0.2, 0.25) is 5.75 Å². The van der Waals surface area contributed by atoms with Crippen LogP contribution < -0.4 is 14.2 Å². The van der Waals surface area contributed by atoms with Crippen LogP contribution in [0.4, 0.5) is 0 Å². The summed E-state index contributed by atoms with van der Waals surface area (Å²) in [6, 6.07) is 4.27. The largest absolute Gasteiger partial charge is 0.493 e. The van der Waals surface area contributed by atoms with Crippen molar-refractivity contribution in [2.45, 2.75) is 25.1 Å². The van der Waals surface area contributed by atoms with Crippen LogP contribution in [0.1, 0.15) is 23.9 Å². The number of rotatable bonds is 5. The number of benzene rings is 1. The molecule has 1 aromatic carbocycles. The lowest BCUT2D eigenvalue weighted by Gasteiger charge is -2.25. The maximum Gasteiger partial charge on any atom is 0.203 e. The highest BCUT2D eigenvalue weighted by atomic mass is 16.6. The Bertz CT molecular complexity index is 702. The third-order valence-electron chi connectivity index (χ3n) is 4.81. The van der Waals surface area contributed by atoms with Crippen LogP contribution in [-0.4, -0.2) is 54.9 Å². The van der Waals surface area contributed by atoms with Gasteiger partial charge in [0.1, 0.15) is 19.0 Å². The van der Waals surface area contributed by atoms with Gasteiger partial charge < -0.3 is 23.9 Å². The van der Waals surface area contributed by atoms with Crippen LogP contribution in [0.15, 0.2) is 24.5 Å². The molecule has 1 saturated heterocycles. The normalized spacial score (nSPS) is 23.0. The van der Waals surface area contributed by atoms with E-state index >= 15 is 0 Å². The molecule has 2 atom stereocenters. The van der Waals surface area contributed by atoms with Crippen LogP contribution in [-0.2, 0) is 11.3 Å². The van der Waals surface area contributed by atoms with Crippen molar-refractivity contribution >= 4 is 0 Å². The molecule has 0 bridgehead atoms. The first-order valence-corrected chi connectivity index (χ1v) is 8.51. The molecule has 2 aliphatic heterocycles. The fourth-order valence-electron chi connectivity index (χ4n) is 3.60. The zero-order chi connectivity index (χ0) is 17.2. The molecular formula is C18H23N3O4. The minimum atomic E-state index is 0.203. The first kappa shape index (κ1) is 16.2. The standard InChI is InChI=1S/C18H23N3O4/c1-22-13-9-14(18-19-3-4-20-18)21(11-13)10-12-7-15(23-2)17-16(8-12)24-5-6-25-17/h3-4,7-8,13-14H,5-6,9-11H2,1-2H3,(H,19,20)/t13-,14?/m1/s1. The SMILES string of the molecule is COc1cc(CN2C[C@H](OC)CC2c2ncc[nH]2)cc2c1OCCO2. The van der Waals surface area contributed by atoms with Gasteiger partial charge in [0, 0.05) is 32.6 Å². The second-order valence-electron chi connectivity index (χ2n) is 6.34. The number of hydrogen-bond acceptors (Lipinski definition) is 6. The van der Waals surface area contributed by atoms with E-state index in [0.717, 1.165) is 36.6 Å². The Morgan fingerprint density at radius 3 is 2.92 bits per heavy atom. The number of nitrogens with zero attached hydrogens (tertiary/aromatic N) is 2. The van der Waals surface area contributed by atoms with Crippen LogP contribution in [0.3, 0.4) is 0 Å². The number of aromatic amines is 1. The van der Waals surface area contributed by atoms with E-state index in [2.05, 4.69) is 14.9 Å². The first-order chi connectivity index (χ1) is 12.3. The van der Waals surface area contributed by atoms with Crippen LogP contribution in [0.25, 0.3) is 0 Å². The highest BCUT2D eigenvalue weighted by molar-refractivity contribution is 5.54. The summed E-state index contributed by atoms with van der Waals surface area (Å²) in [6.45, 7) is 2.73. The van der Waals surface area contributed by atoms with E-state index in [0.29, 0.717) is 24.7 Å². The third-order valence-corrected chi connectivity index (χ3v) is 4.81. The Balaban J connectivity index is 1.60. The van der Waals surface area contributed by atoms with E-state index in [1.54, 1.807) is 20.4 Å². The molecular weight excluding hydrogens is 322 g/mol. The van der Waals surface area contributed by atoms with Crippen LogP contribution in [0.2, 0.25) is 0 Å². The summed E-state index contributed by atoms with van der Waals surface area (Å²) in [5.41, 5.74) is 1.12. The lowest BCUT2D eigenvalue weighted by Crippen LogP contribution is -2.25. The van der Waals surface area contributed by atoms with Gasteiger partial charge >= 0.3 is 0 Å². The zero-order valence-electron chi connectivity index (χ0n) is 14.5. The molecule has 0 spiro atoms. The molecule has 3 heterocycles. The quantitative estimate of drug-likeness (QED) is 0.896. The van der Waals surface area contributed by atoms with Crippen molar-refractivity contribution in [3.63, 3.8) is 0 Å². The molecule has 2 aromatic rings. The molecule has 134 valence electrons. The number of hydrogen-bond donors (Lipinski definition) is 1. The molecule has 4 rings (SSSR count). The summed E-state index contributed by atoms with van der Waals surface area (Å²) in [5.74, 6) is 3.13. The maximum absolute atomic E-state index is 5.75. The summed E-state index contributed by atoms with van der Waals surface area (Å²) in [5, 5.41) is 0. The van der Waals surface area contributed by atoms with Crippen LogP contribution in [0, 0.1) is 0 Å². The van der Waals surface area contributed by atoms with Gasteiger partial charge in [-0.2, -0.15) is 0 Å². The molecule has 0 aliphatic carbocycles. The predicted octanol–water partition coefficient (Wildman–Crippen LogP) is 2.15. The lowest BCUT2D eigenvalue weighted by molar-refractivity contribution is 0.107. The van der Waals surface area contributed by atoms with Gasteiger partial charge in [0.05, 0.1) is 19.3 Å². The van der Waals surface area contributed by atoms with Crippen LogP contribution >= 0.6 is 0 Å². The minimum absolute atomic E-state index is 0.203. The molecule has 7 nitrogen and oxygen atoms in total. The van der Waals surface area contributed by atoms with Gasteiger partial charge in [-0.05, 0) is 24.1 Å². The maximum atomic E-state index is 5.75. The van der Waals surface area contributed by atoms with E-state index in [1.807, 2.05) is 18.3 Å². The summed E-state index contributed by atoms with van der Waals surface area (Å²) < 4.78 is 22.5. The number of methoxy groups -OCH3 is 2. The molecule has 0 saturated carbocycles. The van der Waals surface area contributed by atoms with Gasteiger partial charge in [-0.1, -0.05) is 0 Å². The molecule has 1 N–H and O–H groups in total. The number of fused-ring (bicyclic) bond motifs is 1. The summed E-state index contributed by atoms with van der Waals surface area (Å²) in [7, 11) is 3.42. The van der Waals surface area contributed by atoms with E-state index in [1.165, 1.54) is 0 Å². The highest BCUT2D eigenvalue weighted by Gasteiger charge is 2.35. The number of ether oxygens (including phenoxy) is 4. The Morgan fingerprint density at radius 2 is 2.16 bits per heavy atom. The molecule has 2 aliphatic rings. The summed E-state index contributed by atoms with van der Waals surface area (Å²) in [4.78, 5) is 10.0. The molecule has 0 amide bonds. The zero-order valence-corrected chi connectivity index (χ0v) is 14.5. The fourth-order valence-corrected chi connectivity index (χ4v) is 3.60. The van der Waals surface area contributed by atoms with Gasteiger partial charge in [-0.3, -0.25) is 4.90 Å². The average molecular weight is 345 g/mol. The number of nitrogens with one attached hydrogen (secondary N) is 1. The van der Waals surface area contributed by atoms with Gasteiger partial charge in [0.25, 0.3) is 0 Å². The van der Waals surface area contributed by atoms with Crippen molar-refractivity contribution in [3.8, 4) is 17.2 Å². The third kappa shape index (κ3) is 3.17. The van der Waals surface area contributed by atoms with Crippen molar-refractivity contribution in [1.29, 1.82) is 0 Å². The lowest BCUT2D eigenvalue weighted by atomic mass is 10.1. The van der Waals surface area contributed by atoms with Crippen molar-refractivity contribution in [3.05, 3.63) is 35.9 Å². The predicted molar refractivity (Wildman–Crippen MR) is 91.1 cm³/mol. The fraction of sp³-hybridized carbons (Fsp3) is 0.500. The van der Waals surface area contributed by atoms with E-state index in [-0.39, 0.29) is 12.1 Å². The monoisotopic (exact) mass is 345 g/mol. The Kier molecular flexibility index (Phi) is 4.50. The second-order valence-corrected chi connectivity index (χ2v) is 6.34. The number of likely N-dealkylation sites (tertiary alicyclic amines) is 1. The van der Waals surface area contributed by atoms with Gasteiger partial charge in [-0.15, -0.1) is 0 Å². The second kappa shape index (κ2) is 6.93. The molecule has 0 radical (unpaired) electrons. The molecule has 7 heteroatoms. The molecule has 1 aromatic heterocycles. The number of imidazole rings is 1. The smallest absolute Gasteiger partial charge is 0.203 e. The van der Waals surface area contributed by atoms with Crippen molar-refractivity contribution in [2.24, 2.45) is 0 Å². The van der Waals surface area contributed by atoms with E-state index in [9.17, 15) is 0 Å². The van der Waals surface area contributed by atoms with Gasteiger partial charge in [0.15, 0.2) is 11.5 Å². The molecule has 1 fully saturated rings. The van der Waals surface area contributed by atoms with Gasteiger partial charge in [-0.25, -0.2) is 4.98 Å².